The van der Waals surface area contributed by atoms with Crippen LogP contribution in [0.3, 0.4) is 0 Å². The first kappa shape index (κ1) is 13.9. The third kappa shape index (κ3) is 4.03. The summed E-state index contributed by atoms with van der Waals surface area (Å²) in [7, 11) is -2.98. The second kappa shape index (κ2) is 5.98. The van der Waals surface area contributed by atoms with Gasteiger partial charge in [0.1, 0.15) is 0 Å². The van der Waals surface area contributed by atoms with Gasteiger partial charge in [-0.25, -0.2) is 12.7 Å². The Morgan fingerprint density at radius 3 is 2.12 bits per heavy atom. The summed E-state index contributed by atoms with van der Waals surface area (Å²) in [6.07, 6.45) is 5.44. The van der Waals surface area contributed by atoms with Gasteiger partial charge >= 0.3 is 0 Å². The number of nitrogens with one attached hydrogen (secondary N) is 1. The average Bonchev–Trinajstić information content (AvgIpc) is 2.25. The van der Waals surface area contributed by atoms with Crippen molar-refractivity contribution in [1.29, 1.82) is 0 Å². The Hall–Kier alpha value is -0.130. The smallest absolute Gasteiger partial charge is 0.211 e. The zero-order valence-corrected chi connectivity index (χ0v) is 11.4. The van der Waals surface area contributed by atoms with Gasteiger partial charge in [0.05, 0.1) is 6.26 Å². The molecule has 0 spiro atoms. The van der Waals surface area contributed by atoms with Crippen molar-refractivity contribution >= 4 is 10.0 Å². The van der Waals surface area contributed by atoms with Crippen LogP contribution in [-0.2, 0) is 10.0 Å². The van der Waals surface area contributed by atoms with Crippen LogP contribution in [-0.4, -0.2) is 44.2 Å². The largest absolute Gasteiger partial charge is 0.311 e. The molecule has 1 fully saturated rings. The van der Waals surface area contributed by atoms with Crippen molar-refractivity contribution < 1.29 is 8.42 Å². The second-order valence-corrected chi connectivity index (χ2v) is 6.60. The molecule has 1 aliphatic heterocycles. The molecule has 0 amide bonds. The van der Waals surface area contributed by atoms with Gasteiger partial charge in [0.15, 0.2) is 0 Å². The second-order valence-electron chi connectivity index (χ2n) is 4.62. The zero-order valence-electron chi connectivity index (χ0n) is 10.6. The molecule has 5 heteroatoms. The first-order valence-corrected chi connectivity index (χ1v) is 8.03. The van der Waals surface area contributed by atoms with Gasteiger partial charge in [0, 0.05) is 25.2 Å². The molecule has 1 aliphatic rings. The van der Waals surface area contributed by atoms with Crippen LogP contribution in [0.2, 0.25) is 0 Å². The van der Waals surface area contributed by atoms with Crippen LogP contribution in [0.25, 0.3) is 0 Å². The molecule has 0 aromatic rings. The van der Waals surface area contributed by atoms with Crippen LogP contribution < -0.4 is 5.32 Å². The molecule has 1 heterocycles. The van der Waals surface area contributed by atoms with E-state index in [2.05, 4.69) is 19.2 Å². The molecule has 0 saturated carbocycles. The van der Waals surface area contributed by atoms with E-state index in [1.54, 1.807) is 4.31 Å². The highest BCUT2D eigenvalue weighted by molar-refractivity contribution is 7.88. The van der Waals surface area contributed by atoms with E-state index in [0.717, 1.165) is 25.7 Å². The van der Waals surface area contributed by atoms with Gasteiger partial charge in [-0.15, -0.1) is 0 Å². The van der Waals surface area contributed by atoms with E-state index in [1.807, 2.05) is 0 Å². The fourth-order valence-corrected chi connectivity index (χ4v) is 3.09. The van der Waals surface area contributed by atoms with Crippen molar-refractivity contribution in [3.05, 3.63) is 0 Å². The van der Waals surface area contributed by atoms with E-state index in [0.29, 0.717) is 25.2 Å². The first-order valence-electron chi connectivity index (χ1n) is 6.18. The molecule has 0 aliphatic carbocycles. The lowest BCUT2D eigenvalue weighted by Gasteiger charge is -2.32. The number of hydrogen-bond acceptors (Lipinski definition) is 3. The first-order chi connectivity index (χ1) is 7.47. The van der Waals surface area contributed by atoms with E-state index in [1.165, 1.54) is 6.26 Å². The summed E-state index contributed by atoms with van der Waals surface area (Å²) in [5.41, 5.74) is 0. The minimum Gasteiger partial charge on any atom is -0.311 e. The summed E-state index contributed by atoms with van der Waals surface area (Å²) in [6, 6.07) is 1.07. The van der Waals surface area contributed by atoms with Gasteiger partial charge in [-0.1, -0.05) is 13.8 Å². The number of nitrogens with zero attached hydrogens (tertiary/aromatic N) is 1. The Kier molecular flexibility index (Phi) is 5.21. The van der Waals surface area contributed by atoms with Crippen LogP contribution in [0.1, 0.15) is 39.5 Å². The molecule has 1 saturated heterocycles. The molecular formula is C11H24N2O2S. The Morgan fingerprint density at radius 1 is 1.25 bits per heavy atom. The van der Waals surface area contributed by atoms with Crippen molar-refractivity contribution in [2.75, 3.05) is 19.3 Å². The van der Waals surface area contributed by atoms with E-state index in [9.17, 15) is 8.42 Å². The van der Waals surface area contributed by atoms with Crippen molar-refractivity contribution in [2.24, 2.45) is 0 Å². The average molecular weight is 248 g/mol. The van der Waals surface area contributed by atoms with Gasteiger partial charge < -0.3 is 5.32 Å². The molecule has 0 atom stereocenters. The molecule has 0 aromatic carbocycles. The quantitative estimate of drug-likeness (QED) is 0.795. The van der Waals surface area contributed by atoms with Crippen LogP contribution in [0.4, 0.5) is 0 Å². The Balaban J connectivity index is 2.38. The topological polar surface area (TPSA) is 49.4 Å². The highest BCUT2D eigenvalue weighted by Gasteiger charge is 2.25. The molecular weight excluding hydrogens is 224 g/mol. The minimum atomic E-state index is -2.98. The van der Waals surface area contributed by atoms with Crippen LogP contribution >= 0.6 is 0 Å². The van der Waals surface area contributed by atoms with Gasteiger partial charge in [-0.3, -0.25) is 0 Å². The molecule has 96 valence electrons. The Morgan fingerprint density at radius 2 is 1.75 bits per heavy atom. The summed E-state index contributed by atoms with van der Waals surface area (Å²) >= 11 is 0. The maximum atomic E-state index is 11.3. The molecule has 1 rings (SSSR count). The molecule has 0 aromatic heterocycles. The Bertz CT molecular complexity index is 291. The predicted octanol–water partition coefficient (Wildman–Crippen LogP) is 1.19. The maximum absolute atomic E-state index is 11.3. The summed E-state index contributed by atoms with van der Waals surface area (Å²) in [4.78, 5) is 0. The molecule has 0 radical (unpaired) electrons. The lowest BCUT2D eigenvalue weighted by Crippen LogP contribution is -2.47. The standard InChI is InChI=1S/C11H24N2O2S/c1-4-10(5-2)12-11-6-8-13(9-7-11)16(3,14)15/h10-12H,4-9H2,1-3H3. The molecule has 4 nitrogen and oxygen atoms in total. The molecule has 1 N–H and O–H groups in total. The highest BCUT2D eigenvalue weighted by Crippen LogP contribution is 2.14. The van der Waals surface area contributed by atoms with E-state index in [-0.39, 0.29) is 0 Å². The number of hydrogen-bond donors (Lipinski definition) is 1. The normalized spacial score (nSPS) is 20.5. The summed E-state index contributed by atoms with van der Waals surface area (Å²) < 4.78 is 24.2. The predicted molar refractivity (Wildman–Crippen MR) is 66.9 cm³/mol. The lowest BCUT2D eigenvalue weighted by molar-refractivity contribution is 0.269. The van der Waals surface area contributed by atoms with Crippen LogP contribution in [0, 0.1) is 0 Å². The fraction of sp³-hybridized carbons (Fsp3) is 1.00. The van der Waals surface area contributed by atoms with Gasteiger partial charge in [-0.2, -0.15) is 0 Å². The van der Waals surface area contributed by atoms with Gasteiger partial charge in [0.25, 0.3) is 0 Å². The summed E-state index contributed by atoms with van der Waals surface area (Å²) in [5, 5.41) is 3.61. The third-order valence-electron chi connectivity index (χ3n) is 3.38. The number of rotatable bonds is 5. The Labute approximate surface area is 99.5 Å². The van der Waals surface area contributed by atoms with Gasteiger partial charge in [0.2, 0.25) is 10.0 Å². The highest BCUT2D eigenvalue weighted by atomic mass is 32.2. The molecule has 16 heavy (non-hydrogen) atoms. The van der Waals surface area contributed by atoms with Crippen molar-refractivity contribution in [3.8, 4) is 0 Å². The molecule has 0 bridgehead atoms. The van der Waals surface area contributed by atoms with E-state index in [4.69, 9.17) is 0 Å². The van der Waals surface area contributed by atoms with Crippen molar-refractivity contribution in [2.45, 2.75) is 51.6 Å². The summed E-state index contributed by atoms with van der Waals surface area (Å²) in [6.45, 7) is 5.70. The zero-order chi connectivity index (χ0) is 12.2. The maximum Gasteiger partial charge on any atom is 0.211 e. The SMILES string of the molecule is CCC(CC)NC1CCN(S(C)(=O)=O)CC1. The lowest BCUT2D eigenvalue weighted by atomic mass is 10.0. The van der Waals surface area contributed by atoms with E-state index < -0.39 is 10.0 Å². The number of piperidine rings is 1. The van der Waals surface area contributed by atoms with Crippen molar-refractivity contribution in [3.63, 3.8) is 0 Å². The third-order valence-corrected chi connectivity index (χ3v) is 4.68. The van der Waals surface area contributed by atoms with Crippen molar-refractivity contribution in [1.82, 2.24) is 9.62 Å². The minimum absolute atomic E-state index is 0.489. The van der Waals surface area contributed by atoms with Crippen LogP contribution in [0.5, 0.6) is 0 Å². The fourth-order valence-electron chi connectivity index (χ4n) is 2.21. The summed E-state index contributed by atoms with van der Waals surface area (Å²) in [5.74, 6) is 0. The number of sulfonamides is 1. The van der Waals surface area contributed by atoms with Crippen LogP contribution in [0.15, 0.2) is 0 Å². The monoisotopic (exact) mass is 248 g/mol. The van der Waals surface area contributed by atoms with Gasteiger partial charge in [-0.05, 0) is 25.7 Å². The van der Waals surface area contributed by atoms with E-state index >= 15 is 0 Å². The molecule has 0 unspecified atom stereocenters.